The van der Waals surface area contributed by atoms with Gasteiger partial charge in [0.2, 0.25) is 5.91 Å². The summed E-state index contributed by atoms with van der Waals surface area (Å²) >= 11 is 0. The van der Waals surface area contributed by atoms with Crippen LogP contribution in [-0.4, -0.2) is 91.3 Å². The number of aliphatic imine (C=N–C) groups is 1. The number of sulfone groups is 1. The van der Waals surface area contributed by atoms with Crippen LogP contribution in [0.25, 0.3) is 10.9 Å². The molecule has 0 unspecified atom stereocenters. The number of pyridine rings is 1. The Morgan fingerprint density at radius 2 is 1.78 bits per heavy atom. The molecule has 0 bridgehead atoms. The normalized spacial score (nSPS) is 15.5. The van der Waals surface area contributed by atoms with E-state index in [1.54, 1.807) is 31.3 Å². The topological polar surface area (TPSA) is 145 Å². The summed E-state index contributed by atoms with van der Waals surface area (Å²) in [7, 11) is -0.0666. The number of likely N-dealkylation sites (N-methyl/N-ethyl adjacent to an activating group) is 1. The maximum absolute atomic E-state index is 12.9. The summed E-state index contributed by atoms with van der Waals surface area (Å²) < 4.78 is 28.1. The number of amides is 1. The SMILES string of the molecule is COC(=O)c1cc2[nH]c(O)c(C(=Nc3ccc(N(C)C(=O)CN4CCS(=O)(=O)CC4)cc3)c3ccccc3)c2cn1. The van der Waals surface area contributed by atoms with Crippen LogP contribution in [0.1, 0.15) is 21.6 Å². The Balaban J connectivity index is 1.43. The molecule has 0 aliphatic carbocycles. The molecule has 1 fully saturated rings. The van der Waals surface area contributed by atoms with Gasteiger partial charge in [-0.25, -0.2) is 23.2 Å². The lowest BCUT2D eigenvalue weighted by Crippen LogP contribution is -2.45. The molecule has 2 N–H and O–H groups in total. The number of carbonyl (C=O) groups excluding carboxylic acids is 2. The van der Waals surface area contributed by atoms with Crippen molar-refractivity contribution in [3.63, 3.8) is 0 Å². The van der Waals surface area contributed by atoms with Crippen molar-refractivity contribution in [3.8, 4) is 5.88 Å². The van der Waals surface area contributed by atoms with Crippen molar-refractivity contribution in [2.75, 3.05) is 50.2 Å². The Morgan fingerprint density at radius 1 is 1.10 bits per heavy atom. The van der Waals surface area contributed by atoms with Crippen molar-refractivity contribution in [2.45, 2.75) is 0 Å². The minimum atomic E-state index is -3.02. The Labute approximate surface area is 237 Å². The van der Waals surface area contributed by atoms with Crippen molar-refractivity contribution in [1.29, 1.82) is 0 Å². The number of hydrogen-bond acceptors (Lipinski definition) is 9. The Morgan fingerprint density at radius 3 is 2.44 bits per heavy atom. The lowest BCUT2D eigenvalue weighted by atomic mass is 10.0. The fourth-order valence-electron chi connectivity index (χ4n) is 4.62. The third-order valence-corrected chi connectivity index (χ3v) is 8.60. The van der Waals surface area contributed by atoms with Gasteiger partial charge in [0.25, 0.3) is 0 Å². The zero-order valence-corrected chi connectivity index (χ0v) is 23.4. The molecule has 1 aliphatic heterocycles. The van der Waals surface area contributed by atoms with Crippen molar-refractivity contribution in [1.82, 2.24) is 14.9 Å². The number of esters is 1. The molecule has 2 aromatic heterocycles. The molecule has 1 aliphatic rings. The van der Waals surface area contributed by atoms with Gasteiger partial charge in [0.05, 0.1) is 47.6 Å². The van der Waals surface area contributed by atoms with Gasteiger partial charge in [0.15, 0.2) is 15.7 Å². The number of nitrogens with zero attached hydrogens (tertiary/aromatic N) is 4. The fraction of sp³-hybridized carbons (Fsp3) is 0.241. The molecular formula is C29H29N5O6S. The Kier molecular flexibility index (Phi) is 7.86. The number of methoxy groups -OCH3 is 1. The zero-order chi connectivity index (χ0) is 29.1. The molecule has 12 heteroatoms. The minimum absolute atomic E-state index is 0.0644. The van der Waals surface area contributed by atoms with Crippen molar-refractivity contribution < 1.29 is 27.9 Å². The number of carbonyl (C=O) groups is 2. The van der Waals surface area contributed by atoms with Crippen LogP contribution in [0, 0.1) is 0 Å². The monoisotopic (exact) mass is 575 g/mol. The van der Waals surface area contributed by atoms with Gasteiger partial charge < -0.3 is 19.7 Å². The predicted octanol–water partition coefficient (Wildman–Crippen LogP) is 2.92. The Bertz CT molecular complexity index is 1720. The number of H-pyrrole nitrogens is 1. The first-order valence-electron chi connectivity index (χ1n) is 12.9. The van der Waals surface area contributed by atoms with Crippen LogP contribution in [0.5, 0.6) is 5.88 Å². The smallest absolute Gasteiger partial charge is 0.356 e. The van der Waals surface area contributed by atoms with E-state index in [1.807, 2.05) is 35.2 Å². The molecule has 0 atom stereocenters. The average Bonchev–Trinajstić information content (AvgIpc) is 3.31. The van der Waals surface area contributed by atoms with E-state index < -0.39 is 15.8 Å². The third kappa shape index (κ3) is 6.13. The summed E-state index contributed by atoms with van der Waals surface area (Å²) in [6, 6.07) is 18.0. The lowest BCUT2D eigenvalue weighted by Gasteiger charge is -2.28. The van der Waals surface area contributed by atoms with E-state index in [0.29, 0.717) is 46.6 Å². The second-order valence-corrected chi connectivity index (χ2v) is 12.0. The van der Waals surface area contributed by atoms with Crippen LogP contribution in [0.3, 0.4) is 0 Å². The molecule has 212 valence electrons. The highest BCUT2D eigenvalue weighted by Crippen LogP contribution is 2.32. The van der Waals surface area contributed by atoms with Crippen molar-refractivity contribution >= 4 is 49.7 Å². The number of fused-ring (bicyclic) bond motifs is 1. The van der Waals surface area contributed by atoms with Crippen LogP contribution < -0.4 is 4.90 Å². The van der Waals surface area contributed by atoms with Gasteiger partial charge in [-0.1, -0.05) is 30.3 Å². The van der Waals surface area contributed by atoms with Gasteiger partial charge in [-0.3, -0.25) is 9.69 Å². The van der Waals surface area contributed by atoms with E-state index in [-0.39, 0.29) is 35.5 Å². The highest BCUT2D eigenvalue weighted by Gasteiger charge is 2.25. The quantitative estimate of drug-likeness (QED) is 0.253. The largest absolute Gasteiger partial charge is 0.494 e. The summed E-state index contributed by atoms with van der Waals surface area (Å²) in [5.74, 6) is -0.733. The third-order valence-electron chi connectivity index (χ3n) is 6.99. The average molecular weight is 576 g/mol. The Hall–Kier alpha value is -4.55. The standard InChI is InChI=1S/C29H29N5O6S/c1-33(25(35)18-34-12-14-41(38,39)15-13-34)21-10-8-20(9-11-21)31-27(19-6-4-3-5-7-19)26-22-17-30-24(29(37)40-2)16-23(22)32-28(26)36/h3-11,16-17,32,36H,12-15,18H2,1-2H3. The van der Waals surface area contributed by atoms with Crippen LogP contribution >= 0.6 is 0 Å². The molecule has 41 heavy (non-hydrogen) atoms. The van der Waals surface area contributed by atoms with Crippen molar-refractivity contribution in [3.05, 3.63) is 83.7 Å². The number of nitrogens with one attached hydrogen (secondary N) is 1. The number of aromatic hydroxyl groups is 1. The maximum atomic E-state index is 12.9. The summed E-state index contributed by atoms with van der Waals surface area (Å²) in [5.41, 5.74) is 3.51. The predicted molar refractivity (Wildman–Crippen MR) is 156 cm³/mol. The minimum Gasteiger partial charge on any atom is -0.494 e. The molecule has 11 nitrogen and oxygen atoms in total. The zero-order valence-electron chi connectivity index (χ0n) is 22.6. The first-order valence-corrected chi connectivity index (χ1v) is 14.7. The van der Waals surface area contributed by atoms with E-state index in [2.05, 4.69) is 9.97 Å². The van der Waals surface area contributed by atoms with Crippen molar-refractivity contribution in [2.24, 2.45) is 4.99 Å². The van der Waals surface area contributed by atoms with Crippen LogP contribution in [0.15, 0.2) is 71.9 Å². The summed E-state index contributed by atoms with van der Waals surface area (Å²) in [6.45, 7) is 0.825. The fourth-order valence-corrected chi connectivity index (χ4v) is 5.90. The van der Waals surface area contributed by atoms with E-state index in [0.717, 1.165) is 5.56 Å². The number of aromatic nitrogens is 2. The second-order valence-electron chi connectivity index (χ2n) is 9.68. The molecular weight excluding hydrogens is 546 g/mol. The van der Waals surface area contributed by atoms with Gasteiger partial charge >= 0.3 is 5.97 Å². The van der Waals surface area contributed by atoms with Gasteiger partial charge in [-0.2, -0.15) is 0 Å². The highest BCUT2D eigenvalue weighted by molar-refractivity contribution is 7.91. The number of aromatic amines is 1. The summed E-state index contributed by atoms with van der Waals surface area (Å²) in [6.07, 6.45) is 1.49. The maximum Gasteiger partial charge on any atom is 0.356 e. The highest BCUT2D eigenvalue weighted by atomic mass is 32.2. The molecule has 3 heterocycles. The van der Waals surface area contributed by atoms with Gasteiger partial charge in [-0.15, -0.1) is 0 Å². The molecule has 1 saturated heterocycles. The van der Waals surface area contributed by atoms with Crippen LogP contribution in [0.4, 0.5) is 11.4 Å². The van der Waals surface area contributed by atoms with Crippen LogP contribution in [-0.2, 0) is 19.4 Å². The first kappa shape index (κ1) is 28.0. The number of anilines is 1. The number of benzene rings is 2. The van der Waals surface area contributed by atoms with Crippen LogP contribution in [0.2, 0.25) is 0 Å². The molecule has 5 rings (SSSR count). The van der Waals surface area contributed by atoms with E-state index in [1.165, 1.54) is 24.3 Å². The van der Waals surface area contributed by atoms with E-state index in [9.17, 15) is 23.1 Å². The number of rotatable bonds is 7. The number of hydrogen-bond donors (Lipinski definition) is 2. The van der Waals surface area contributed by atoms with E-state index >= 15 is 0 Å². The first-order chi connectivity index (χ1) is 19.6. The molecule has 1 amide bonds. The number of ether oxygens (including phenoxy) is 1. The van der Waals surface area contributed by atoms with Gasteiger partial charge in [0, 0.05) is 43.0 Å². The molecule has 0 saturated carbocycles. The van der Waals surface area contributed by atoms with Gasteiger partial charge in [-0.05, 0) is 30.3 Å². The molecule has 4 aromatic rings. The lowest BCUT2D eigenvalue weighted by molar-refractivity contribution is -0.119. The van der Waals surface area contributed by atoms with Gasteiger partial charge in [0.1, 0.15) is 5.69 Å². The second kappa shape index (κ2) is 11.5. The van der Waals surface area contributed by atoms with E-state index in [4.69, 9.17) is 9.73 Å². The molecule has 0 spiro atoms. The molecule has 0 radical (unpaired) electrons. The summed E-state index contributed by atoms with van der Waals surface area (Å²) in [5, 5.41) is 11.5. The molecule has 2 aromatic carbocycles. The summed E-state index contributed by atoms with van der Waals surface area (Å²) in [4.78, 5) is 40.2.